The molecule has 1 fully saturated rings. The molecule has 1 aromatic carbocycles. The SMILES string of the molecule is CCNC(=NCc1ccc(C(F)(F)F)cc1)NCCOCC1CC1.I. The number of nitrogens with zero attached hydrogens (tertiary/aromatic N) is 1. The molecule has 1 aliphatic carbocycles. The van der Waals surface area contributed by atoms with Gasteiger partial charge in [0.1, 0.15) is 0 Å². The van der Waals surface area contributed by atoms with Crippen molar-refractivity contribution in [2.75, 3.05) is 26.3 Å². The Hall–Kier alpha value is -1.03. The van der Waals surface area contributed by atoms with E-state index in [1.807, 2.05) is 6.92 Å². The summed E-state index contributed by atoms with van der Waals surface area (Å²) < 4.78 is 43.1. The normalized spacial score (nSPS) is 14.8. The average Bonchev–Trinajstić information content (AvgIpc) is 3.36. The molecule has 0 aromatic heterocycles. The van der Waals surface area contributed by atoms with Gasteiger partial charge in [0.05, 0.1) is 18.7 Å². The lowest BCUT2D eigenvalue weighted by Gasteiger charge is -2.12. The lowest BCUT2D eigenvalue weighted by atomic mass is 10.1. The van der Waals surface area contributed by atoms with Crippen molar-refractivity contribution >= 4 is 29.9 Å². The van der Waals surface area contributed by atoms with Crippen LogP contribution in [0.5, 0.6) is 0 Å². The van der Waals surface area contributed by atoms with Crippen molar-refractivity contribution in [3.8, 4) is 0 Å². The largest absolute Gasteiger partial charge is 0.416 e. The van der Waals surface area contributed by atoms with Crippen molar-refractivity contribution in [2.24, 2.45) is 10.9 Å². The molecular formula is C17H25F3IN3O. The molecule has 0 amide bonds. The first-order valence-electron chi connectivity index (χ1n) is 8.25. The second-order valence-corrected chi connectivity index (χ2v) is 5.83. The van der Waals surface area contributed by atoms with Crippen LogP contribution in [0.15, 0.2) is 29.3 Å². The van der Waals surface area contributed by atoms with Crippen LogP contribution in [0.2, 0.25) is 0 Å². The number of ether oxygens (including phenoxy) is 1. The number of benzene rings is 1. The number of nitrogens with one attached hydrogen (secondary N) is 2. The van der Waals surface area contributed by atoms with Crippen molar-refractivity contribution in [1.82, 2.24) is 10.6 Å². The van der Waals surface area contributed by atoms with Crippen LogP contribution in [0, 0.1) is 5.92 Å². The van der Waals surface area contributed by atoms with Gasteiger partial charge in [-0.2, -0.15) is 13.2 Å². The summed E-state index contributed by atoms with van der Waals surface area (Å²) >= 11 is 0. The Bertz CT molecular complexity index is 531. The van der Waals surface area contributed by atoms with Crippen LogP contribution in [-0.2, 0) is 17.5 Å². The maximum absolute atomic E-state index is 12.5. The van der Waals surface area contributed by atoms with Gasteiger partial charge in [0.15, 0.2) is 5.96 Å². The third-order valence-electron chi connectivity index (χ3n) is 3.63. The monoisotopic (exact) mass is 471 g/mol. The average molecular weight is 471 g/mol. The molecule has 0 aliphatic heterocycles. The predicted molar refractivity (Wildman–Crippen MR) is 103 cm³/mol. The highest BCUT2D eigenvalue weighted by molar-refractivity contribution is 14.0. The molecule has 1 saturated carbocycles. The molecule has 2 rings (SSSR count). The summed E-state index contributed by atoms with van der Waals surface area (Å²) in [6, 6.07) is 5.07. The molecule has 0 heterocycles. The zero-order chi connectivity index (χ0) is 17.4. The summed E-state index contributed by atoms with van der Waals surface area (Å²) in [5.41, 5.74) is 0.0817. The molecule has 2 N–H and O–H groups in total. The fourth-order valence-electron chi connectivity index (χ4n) is 2.09. The van der Waals surface area contributed by atoms with E-state index >= 15 is 0 Å². The smallest absolute Gasteiger partial charge is 0.379 e. The number of rotatable bonds is 8. The predicted octanol–water partition coefficient (Wildman–Crippen LogP) is 3.81. The Morgan fingerprint density at radius 3 is 2.44 bits per heavy atom. The van der Waals surface area contributed by atoms with Crippen molar-refractivity contribution in [3.05, 3.63) is 35.4 Å². The number of guanidine groups is 1. The fraction of sp³-hybridized carbons (Fsp3) is 0.588. The summed E-state index contributed by atoms with van der Waals surface area (Å²) in [5.74, 6) is 1.37. The first-order valence-corrected chi connectivity index (χ1v) is 8.25. The Morgan fingerprint density at radius 2 is 1.88 bits per heavy atom. The highest BCUT2D eigenvalue weighted by Crippen LogP contribution is 2.29. The van der Waals surface area contributed by atoms with Gasteiger partial charge in [0, 0.05) is 19.7 Å². The molecular weight excluding hydrogens is 446 g/mol. The van der Waals surface area contributed by atoms with Gasteiger partial charge in [0.2, 0.25) is 0 Å². The van der Waals surface area contributed by atoms with E-state index in [-0.39, 0.29) is 24.0 Å². The summed E-state index contributed by atoms with van der Waals surface area (Å²) in [6.07, 6.45) is -1.77. The van der Waals surface area contributed by atoms with E-state index in [1.165, 1.54) is 25.0 Å². The maximum atomic E-state index is 12.5. The van der Waals surface area contributed by atoms with Crippen LogP contribution in [0.25, 0.3) is 0 Å². The maximum Gasteiger partial charge on any atom is 0.416 e. The van der Waals surface area contributed by atoms with Crippen molar-refractivity contribution < 1.29 is 17.9 Å². The number of hydrogen-bond donors (Lipinski definition) is 2. The first kappa shape index (κ1) is 22.0. The van der Waals surface area contributed by atoms with Gasteiger partial charge in [0.25, 0.3) is 0 Å². The van der Waals surface area contributed by atoms with E-state index in [9.17, 15) is 13.2 Å². The molecule has 25 heavy (non-hydrogen) atoms. The molecule has 1 aliphatic rings. The Balaban J connectivity index is 0.00000312. The Kier molecular flexibility index (Phi) is 9.55. The first-order chi connectivity index (χ1) is 11.5. The Morgan fingerprint density at radius 1 is 1.20 bits per heavy atom. The number of hydrogen-bond acceptors (Lipinski definition) is 2. The quantitative estimate of drug-likeness (QED) is 0.263. The third-order valence-corrected chi connectivity index (χ3v) is 3.63. The van der Waals surface area contributed by atoms with Gasteiger partial charge in [-0.3, -0.25) is 0 Å². The highest BCUT2D eigenvalue weighted by atomic mass is 127. The van der Waals surface area contributed by atoms with E-state index < -0.39 is 11.7 Å². The molecule has 0 atom stereocenters. The highest BCUT2D eigenvalue weighted by Gasteiger charge is 2.29. The zero-order valence-electron chi connectivity index (χ0n) is 14.2. The van der Waals surface area contributed by atoms with Crippen molar-refractivity contribution in [1.29, 1.82) is 0 Å². The molecule has 0 bridgehead atoms. The summed E-state index contributed by atoms with van der Waals surface area (Å²) in [4.78, 5) is 4.38. The van der Waals surface area contributed by atoms with E-state index in [1.54, 1.807) is 0 Å². The van der Waals surface area contributed by atoms with Gasteiger partial charge in [-0.25, -0.2) is 4.99 Å². The molecule has 0 unspecified atom stereocenters. The summed E-state index contributed by atoms with van der Waals surface area (Å²) in [6.45, 7) is 5.06. The van der Waals surface area contributed by atoms with Gasteiger partial charge < -0.3 is 15.4 Å². The summed E-state index contributed by atoms with van der Waals surface area (Å²) in [7, 11) is 0. The fourth-order valence-corrected chi connectivity index (χ4v) is 2.09. The topological polar surface area (TPSA) is 45.7 Å². The second kappa shape index (κ2) is 10.8. The van der Waals surface area contributed by atoms with Crippen LogP contribution in [-0.4, -0.2) is 32.3 Å². The Labute approximate surface area is 163 Å². The van der Waals surface area contributed by atoms with Crippen molar-refractivity contribution in [3.63, 3.8) is 0 Å². The van der Waals surface area contributed by atoms with Crippen LogP contribution in [0.3, 0.4) is 0 Å². The molecule has 4 nitrogen and oxygen atoms in total. The second-order valence-electron chi connectivity index (χ2n) is 5.83. The van der Waals surface area contributed by atoms with E-state index in [2.05, 4.69) is 15.6 Å². The lowest BCUT2D eigenvalue weighted by Crippen LogP contribution is -2.39. The minimum Gasteiger partial charge on any atom is -0.379 e. The van der Waals surface area contributed by atoms with Gasteiger partial charge in [-0.05, 0) is 43.4 Å². The van der Waals surface area contributed by atoms with E-state index in [0.29, 0.717) is 32.2 Å². The van der Waals surface area contributed by atoms with Gasteiger partial charge in [-0.15, -0.1) is 24.0 Å². The molecule has 0 saturated heterocycles. The molecule has 0 radical (unpaired) electrons. The summed E-state index contributed by atoms with van der Waals surface area (Å²) in [5, 5.41) is 6.26. The minimum absolute atomic E-state index is 0. The number of aliphatic imine (C=N–C) groups is 1. The third kappa shape index (κ3) is 8.75. The molecule has 142 valence electrons. The minimum atomic E-state index is -4.31. The number of alkyl halides is 3. The van der Waals surface area contributed by atoms with Crippen molar-refractivity contribution in [2.45, 2.75) is 32.5 Å². The van der Waals surface area contributed by atoms with Crippen LogP contribution >= 0.6 is 24.0 Å². The van der Waals surface area contributed by atoms with Crippen LogP contribution < -0.4 is 10.6 Å². The van der Waals surface area contributed by atoms with Gasteiger partial charge in [-0.1, -0.05) is 12.1 Å². The van der Waals surface area contributed by atoms with Crippen LogP contribution in [0.4, 0.5) is 13.2 Å². The zero-order valence-corrected chi connectivity index (χ0v) is 16.6. The number of halogens is 4. The molecule has 8 heteroatoms. The lowest BCUT2D eigenvalue weighted by molar-refractivity contribution is -0.137. The van der Waals surface area contributed by atoms with E-state index in [4.69, 9.17) is 4.74 Å². The van der Waals surface area contributed by atoms with Gasteiger partial charge >= 0.3 is 6.18 Å². The molecule has 0 spiro atoms. The standard InChI is InChI=1S/C17H24F3N3O.HI/c1-2-21-16(22-9-10-24-12-14-3-4-14)23-11-13-5-7-15(8-6-13)17(18,19)20;/h5-8,14H,2-4,9-12H2,1H3,(H2,21,22,23);1H. The van der Waals surface area contributed by atoms with Crippen LogP contribution in [0.1, 0.15) is 30.9 Å². The molecule has 1 aromatic rings. The van der Waals surface area contributed by atoms with E-state index in [0.717, 1.165) is 30.2 Å².